The summed E-state index contributed by atoms with van der Waals surface area (Å²) in [4.78, 5) is 21.3. The minimum absolute atomic E-state index is 0.0975. The van der Waals surface area contributed by atoms with E-state index in [0.717, 1.165) is 0 Å². The Hall–Kier alpha value is -1.14. The van der Waals surface area contributed by atoms with Gasteiger partial charge in [-0.15, -0.1) is 0 Å². The van der Waals surface area contributed by atoms with Gasteiger partial charge >= 0.3 is 0 Å². The molecule has 1 amide bonds. The number of aliphatic hydroxyl groups excluding tert-OH is 2. The smallest absolute Gasteiger partial charge is 0.249 e. The molecule has 0 saturated carbocycles. The molecule has 88 valence electrons. The van der Waals surface area contributed by atoms with Crippen LogP contribution in [0.2, 0.25) is 0 Å². The Kier molecular flexibility index (Phi) is 5.24. The summed E-state index contributed by atoms with van der Waals surface area (Å²) in [7, 11) is 0. The highest BCUT2D eigenvalue weighted by Gasteiger charge is 2.32. The number of hydrogen-bond acceptors (Lipinski definition) is 5. The minimum atomic E-state index is -1.37. The van der Waals surface area contributed by atoms with Gasteiger partial charge in [-0.3, -0.25) is 4.79 Å². The molecule has 0 aliphatic carbocycles. The number of amides is 1. The summed E-state index contributed by atoms with van der Waals surface area (Å²) in [6, 6.07) is 0. The van der Waals surface area contributed by atoms with Gasteiger partial charge in [0.15, 0.2) is 0 Å². The van der Waals surface area contributed by atoms with E-state index in [1.54, 1.807) is 0 Å². The fourth-order valence-corrected chi connectivity index (χ4v) is 0.826. The summed E-state index contributed by atoms with van der Waals surface area (Å²) in [5.74, 6) is -1.97. The molecule has 0 fully saturated rings. The molecule has 0 spiro atoms. The summed E-state index contributed by atoms with van der Waals surface area (Å²) in [5, 5.41) is 30.6. The van der Waals surface area contributed by atoms with Gasteiger partial charge in [0.1, 0.15) is 6.10 Å². The third-order valence-corrected chi connectivity index (χ3v) is 2.02. The Labute approximate surface area is 87.9 Å². The molecule has 0 radical (unpaired) electrons. The number of carboxylic acid groups (broad SMARTS) is 1. The monoisotopic (exact) mass is 222 g/mol. The molecule has 6 heteroatoms. The summed E-state index contributed by atoms with van der Waals surface area (Å²) in [5.41, 5.74) is -0.953. The molecule has 0 aromatic rings. The van der Waals surface area contributed by atoms with Crippen molar-refractivity contribution in [2.45, 2.75) is 26.4 Å². The van der Waals surface area contributed by atoms with Crippen molar-refractivity contribution in [2.24, 2.45) is 5.41 Å². The van der Waals surface area contributed by atoms with Crippen molar-refractivity contribution in [1.82, 2.24) is 5.32 Å². The average Bonchev–Trinajstić information content (AvgIpc) is 2.15. The van der Waals surface area contributed by atoms with E-state index in [0.29, 0.717) is 0 Å². The maximum absolute atomic E-state index is 11.2. The number of aliphatic carboxylic acids is 1. The first kappa shape index (κ1) is 13.9. The number of carboxylic acids is 1. The highest BCUT2D eigenvalue weighted by Crippen LogP contribution is 2.19. The highest BCUT2D eigenvalue weighted by molar-refractivity contribution is 5.81. The zero-order chi connectivity index (χ0) is 12.1. The van der Waals surface area contributed by atoms with Crippen LogP contribution < -0.4 is 10.4 Å². The zero-order valence-electron chi connectivity index (χ0n) is 8.82. The van der Waals surface area contributed by atoms with Gasteiger partial charge in [-0.2, -0.15) is 0 Å². The van der Waals surface area contributed by atoms with Crippen LogP contribution in [0.25, 0.3) is 0 Å². The number of rotatable bonds is 6. The largest absolute Gasteiger partial charge is 0.550 e. The lowest BCUT2D eigenvalue weighted by Crippen LogP contribution is -2.46. The Morgan fingerprint density at radius 1 is 1.47 bits per heavy atom. The van der Waals surface area contributed by atoms with E-state index in [9.17, 15) is 19.8 Å². The second-order valence-electron chi connectivity index (χ2n) is 3.96. The summed E-state index contributed by atoms with van der Waals surface area (Å²) in [6.45, 7) is 2.60. The Balaban J connectivity index is 4.05. The van der Waals surface area contributed by atoms with Crippen LogP contribution in [0.4, 0.5) is 0 Å². The molecular weight excluding hydrogens is 206 g/mol. The molecule has 6 nitrogen and oxygen atoms in total. The number of carbonyl (C=O) groups excluding carboxylic acids is 2. The molecule has 0 rings (SSSR count). The predicted molar refractivity (Wildman–Crippen MR) is 49.5 cm³/mol. The topological polar surface area (TPSA) is 110 Å². The van der Waals surface area contributed by atoms with Gasteiger partial charge in [-0.25, -0.2) is 0 Å². The molecule has 15 heavy (non-hydrogen) atoms. The van der Waals surface area contributed by atoms with Crippen LogP contribution in [0.1, 0.15) is 20.3 Å². The molecule has 0 aliphatic heterocycles. The molecule has 0 saturated heterocycles. The highest BCUT2D eigenvalue weighted by atomic mass is 16.5. The van der Waals surface area contributed by atoms with Crippen molar-refractivity contribution in [3.8, 4) is 0 Å². The van der Waals surface area contributed by atoms with Gasteiger partial charge in [-0.1, -0.05) is 13.8 Å². The minimum Gasteiger partial charge on any atom is -0.550 e. The van der Waals surface area contributed by atoms with Crippen LogP contribution in [0.15, 0.2) is 0 Å². The van der Waals surface area contributed by atoms with E-state index in [1.807, 2.05) is 0 Å². The van der Waals surface area contributed by atoms with Gasteiger partial charge in [-0.05, 0) is 0 Å². The van der Waals surface area contributed by atoms with E-state index < -0.39 is 23.4 Å². The van der Waals surface area contributed by atoms with E-state index in [2.05, 4.69) is 5.32 Å². The van der Waals surface area contributed by atoms with Crippen LogP contribution in [0.5, 0.6) is 0 Å². The summed E-state index contributed by atoms with van der Waals surface area (Å²) >= 11 is 0. The molecule has 3 N–H and O–H groups in total. The van der Waals surface area contributed by atoms with E-state index >= 15 is 0 Å². The Bertz CT molecular complexity index is 239. The first-order chi connectivity index (χ1) is 6.81. The van der Waals surface area contributed by atoms with E-state index in [-0.39, 0.29) is 19.6 Å². The fourth-order valence-electron chi connectivity index (χ4n) is 0.826. The molecule has 0 aromatic carbocycles. The molecule has 0 heterocycles. The normalized spacial score (nSPS) is 13.3. The van der Waals surface area contributed by atoms with Crippen molar-refractivity contribution < 1.29 is 24.9 Å². The maximum atomic E-state index is 11.2. The van der Waals surface area contributed by atoms with Crippen LogP contribution in [0.3, 0.4) is 0 Å². The second-order valence-corrected chi connectivity index (χ2v) is 3.96. The van der Waals surface area contributed by atoms with Crippen LogP contribution >= 0.6 is 0 Å². The first-order valence-electron chi connectivity index (χ1n) is 4.57. The number of carbonyl (C=O) groups is 2. The molecule has 0 aliphatic rings. The lowest BCUT2D eigenvalue weighted by Gasteiger charge is -2.27. The van der Waals surface area contributed by atoms with Crippen molar-refractivity contribution in [1.29, 1.82) is 0 Å². The van der Waals surface area contributed by atoms with Crippen molar-refractivity contribution in [3.05, 3.63) is 0 Å². The molecule has 0 aromatic heterocycles. The van der Waals surface area contributed by atoms with Gasteiger partial charge in [0.05, 0.1) is 6.61 Å². The maximum Gasteiger partial charge on any atom is 0.249 e. The van der Waals surface area contributed by atoms with Gasteiger partial charge in [0.2, 0.25) is 5.91 Å². The predicted octanol–water partition coefficient (Wildman–Crippen LogP) is -2.38. The molecular formula is C9H16NO5-. The van der Waals surface area contributed by atoms with Gasteiger partial charge in [0.25, 0.3) is 0 Å². The quantitative estimate of drug-likeness (QED) is 0.343. The SMILES string of the molecule is CC(C)(CO)[C@@H](O)C(=O)[15NH][13CH2][13CH2][13C](=O)[O-]. The lowest BCUT2D eigenvalue weighted by molar-refractivity contribution is -0.305. The average molecular weight is 222 g/mol. The Morgan fingerprint density at radius 3 is 2.40 bits per heavy atom. The first-order valence-corrected chi connectivity index (χ1v) is 4.57. The molecule has 0 bridgehead atoms. The third kappa shape index (κ3) is 4.75. The second kappa shape index (κ2) is 5.67. The summed E-state index contributed by atoms with van der Waals surface area (Å²) in [6.07, 6.45) is -1.68. The lowest BCUT2D eigenvalue weighted by atomic mass is 9.87. The molecule has 1 atom stereocenters. The number of hydrogen-bond donors (Lipinski definition) is 3. The van der Waals surface area contributed by atoms with Crippen molar-refractivity contribution in [3.63, 3.8) is 0 Å². The van der Waals surface area contributed by atoms with Crippen LogP contribution in [-0.2, 0) is 9.59 Å². The number of aliphatic hydroxyl groups is 2. The molecule has 0 unspecified atom stereocenters. The fraction of sp³-hybridized carbons (Fsp3) is 0.778. The zero-order valence-corrected chi connectivity index (χ0v) is 8.82. The summed E-state index contributed by atoms with van der Waals surface area (Å²) < 4.78 is 0. The van der Waals surface area contributed by atoms with Crippen molar-refractivity contribution in [2.75, 3.05) is 13.2 Å². The van der Waals surface area contributed by atoms with Crippen LogP contribution in [-0.4, -0.2) is 41.3 Å². The third-order valence-electron chi connectivity index (χ3n) is 2.02. The van der Waals surface area contributed by atoms with E-state index in [1.165, 1.54) is 13.8 Å². The van der Waals surface area contributed by atoms with Gasteiger partial charge < -0.3 is 25.4 Å². The van der Waals surface area contributed by atoms with E-state index in [4.69, 9.17) is 5.11 Å². The standard InChI is InChI=1S/C9H17NO5/c1-9(2,5-11)7(14)8(15)10-4-3-6(12)13/h7,11,14H,3-5H2,1-2H3,(H,10,15)(H,12,13)/p-1/t7-/m0/s1/i3+1,4+1,6+1,10+1. The Morgan fingerprint density at radius 2 is 2.00 bits per heavy atom. The number of nitrogens with one attached hydrogen (secondary N) is 1. The van der Waals surface area contributed by atoms with Gasteiger partial charge in [0, 0.05) is 24.3 Å². The van der Waals surface area contributed by atoms with Crippen molar-refractivity contribution >= 4 is 11.9 Å². The van der Waals surface area contributed by atoms with Crippen LogP contribution in [0, 0.1) is 5.41 Å².